The third-order valence-corrected chi connectivity index (χ3v) is 4.83. The first-order valence-corrected chi connectivity index (χ1v) is 8.34. The molecular formula is C18H26N2O2. The Morgan fingerprint density at radius 2 is 2.00 bits per heavy atom. The summed E-state index contributed by atoms with van der Waals surface area (Å²) in [5, 5.41) is 3.65. The van der Waals surface area contributed by atoms with E-state index in [-0.39, 0.29) is 5.91 Å². The summed E-state index contributed by atoms with van der Waals surface area (Å²) in [6, 6.07) is 6.29. The third kappa shape index (κ3) is 3.61. The van der Waals surface area contributed by atoms with Crippen molar-refractivity contribution in [2.45, 2.75) is 38.6 Å². The molecule has 120 valence electrons. The summed E-state index contributed by atoms with van der Waals surface area (Å²) in [5.41, 5.74) is 1.79. The molecule has 1 heterocycles. The van der Waals surface area contributed by atoms with Gasteiger partial charge in [0.15, 0.2) is 0 Å². The second-order valence-corrected chi connectivity index (χ2v) is 6.60. The van der Waals surface area contributed by atoms with Crippen LogP contribution in [0.15, 0.2) is 18.2 Å². The largest absolute Gasteiger partial charge is 0.496 e. The van der Waals surface area contributed by atoms with Crippen LogP contribution >= 0.6 is 0 Å². The van der Waals surface area contributed by atoms with Crippen molar-refractivity contribution in [3.63, 3.8) is 0 Å². The summed E-state index contributed by atoms with van der Waals surface area (Å²) in [4.78, 5) is 14.6. The fourth-order valence-corrected chi connectivity index (χ4v) is 3.08. The van der Waals surface area contributed by atoms with Gasteiger partial charge in [-0.25, -0.2) is 0 Å². The van der Waals surface area contributed by atoms with E-state index in [1.807, 2.05) is 30.0 Å². The molecule has 1 saturated heterocycles. The number of benzene rings is 1. The maximum absolute atomic E-state index is 12.6. The number of aryl methyl sites for hydroxylation is 1. The molecule has 2 aliphatic rings. The number of methoxy groups -OCH3 is 1. The van der Waals surface area contributed by atoms with E-state index >= 15 is 0 Å². The molecular weight excluding hydrogens is 276 g/mol. The van der Waals surface area contributed by atoms with Crippen LogP contribution in [-0.2, 0) is 0 Å². The van der Waals surface area contributed by atoms with Gasteiger partial charge in [-0.15, -0.1) is 0 Å². The average Bonchev–Trinajstić information content (AvgIpc) is 3.37. The second kappa shape index (κ2) is 6.69. The first-order valence-electron chi connectivity index (χ1n) is 8.34. The van der Waals surface area contributed by atoms with Crippen LogP contribution in [0.3, 0.4) is 0 Å². The Morgan fingerprint density at radius 1 is 1.27 bits per heavy atom. The van der Waals surface area contributed by atoms with Crippen molar-refractivity contribution in [3.8, 4) is 5.75 Å². The normalized spacial score (nSPS) is 19.3. The molecule has 1 aromatic rings. The molecule has 0 atom stereocenters. The lowest BCUT2D eigenvalue weighted by Crippen LogP contribution is -2.45. The van der Waals surface area contributed by atoms with Crippen LogP contribution in [0.4, 0.5) is 0 Å². The Bertz CT molecular complexity index is 532. The van der Waals surface area contributed by atoms with E-state index in [9.17, 15) is 4.79 Å². The second-order valence-electron chi connectivity index (χ2n) is 6.60. The molecule has 1 aliphatic carbocycles. The SMILES string of the molecule is COc1cc(C(=O)N2CCC(NCC3CC3)CC2)ccc1C. The zero-order chi connectivity index (χ0) is 15.5. The van der Waals surface area contributed by atoms with Crippen LogP contribution in [0.2, 0.25) is 0 Å². The fourth-order valence-electron chi connectivity index (χ4n) is 3.08. The lowest BCUT2D eigenvalue weighted by atomic mass is 10.0. The number of hydrogen-bond acceptors (Lipinski definition) is 3. The zero-order valence-electron chi connectivity index (χ0n) is 13.6. The summed E-state index contributed by atoms with van der Waals surface area (Å²) in [7, 11) is 1.65. The van der Waals surface area contributed by atoms with Crippen molar-refractivity contribution < 1.29 is 9.53 Å². The standard InChI is InChI=1S/C18H26N2O2/c1-13-3-6-15(11-17(13)22-2)18(21)20-9-7-16(8-10-20)19-12-14-4-5-14/h3,6,11,14,16,19H,4-5,7-10,12H2,1-2H3. The summed E-state index contributed by atoms with van der Waals surface area (Å²) >= 11 is 0. The highest BCUT2D eigenvalue weighted by Crippen LogP contribution is 2.28. The molecule has 0 aromatic heterocycles. The molecule has 1 aliphatic heterocycles. The van der Waals surface area contributed by atoms with Crippen molar-refractivity contribution >= 4 is 5.91 Å². The monoisotopic (exact) mass is 302 g/mol. The maximum Gasteiger partial charge on any atom is 0.253 e. The van der Waals surface area contributed by atoms with Gasteiger partial charge in [0.1, 0.15) is 5.75 Å². The molecule has 0 spiro atoms. The molecule has 2 fully saturated rings. The van der Waals surface area contributed by atoms with Gasteiger partial charge in [-0.2, -0.15) is 0 Å². The molecule has 0 unspecified atom stereocenters. The van der Waals surface area contributed by atoms with Crippen molar-refractivity contribution in [3.05, 3.63) is 29.3 Å². The van der Waals surface area contributed by atoms with Crippen LogP contribution in [0.5, 0.6) is 5.75 Å². The van der Waals surface area contributed by atoms with Gasteiger partial charge in [0.2, 0.25) is 0 Å². The maximum atomic E-state index is 12.6. The number of likely N-dealkylation sites (tertiary alicyclic amines) is 1. The number of rotatable bonds is 5. The van der Waals surface area contributed by atoms with Gasteiger partial charge in [0.25, 0.3) is 5.91 Å². The summed E-state index contributed by atoms with van der Waals surface area (Å²) in [6.45, 7) is 4.84. The Kier molecular flexibility index (Phi) is 4.67. The Hall–Kier alpha value is -1.55. The van der Waals surface area contributed by atoms with Crippen LogP contribution in [-0.4, -0.2) is 43.6 Å². The molecule has 1 aromatic carbocycles. The molecule has 22 heavy (non-hydrogen) atoms. The molecule has 3 rings (SSSR count). The van der Waals surface area contributed by atoms with Crippen LogP contribution in [0.1, 0.15) is 41.6 Å². The number of hydrogen-bond donors (Lipinski definition) is 1. The van der Waals surface area contributed by atoms with Crippen LogP contribution in [0, 0.1) is 12.8 Å². The number of ether oxygens (including phenoxy) is 1. The van der Waals surface area contributed by atoms with E-state index in [0.29, 0.717) is 6.04 Å². The van der Waals surface area contributed by atoms with Crippen molar-refractivity contribution in [1.29, 1.82) is 0 Å². The highest BCUT2D eigenvalue weighted by molar-refractivity contribution is 5.94. The molecule has 0 radical (unpaired) electrons. The van der Waals surface area contributed by atoms with E-state index in [1.54, 1.807) is 7.11 Å². The summed E-state index contributed by atoms with van der Waals surface area (Å²) in [5.74, 6) is 1.82. The summed E-state index contributed by atoms with van der Waals surface area (Å²) in [6.07, 6.45) is 4.89. The van der Waals surface area contributed by atoms with Crippen molar-refractivity contribution in [1.82, 2.24) is 10.2 Å². The quantitative estimate of drug-likeness (QED) is 0.909. The number of nitrogens with one attached hydrogen (secondary N) is 1. The average molecular weight is 302 g/mol. The van der Waals surface area contributed by atoms with E-state index < -0.39 is 0 Å². The zero-order valence-corrected chi connectivity index (χ0v) is 13.6. The topological polar surface area (TPSA) is 41.6 Å². The number of piperidine rings is 1. The van der Waals surface area contributed by atoms with Crippen molar-refractivity contribution in [2.24, 2.45) is 5.92 Å². The minimum atomic E-state index is 0.124. The number of nitrogens with zero attached hydrogens (tertiary/aromatic N) is 1. The molecule has 4 nitrogen and oxygen atoms in total. The van der Waals surface area contributed by atoms with Gasteiger partial charge in [0.05, 0.1) is 7.11 Å². The van der Waals surface area contributed by atoms with Gasteiger partial charge in [0, 0.05) is 24.7 Å². The first-order chi connectivity index (χ1) is 10.7. The third-order valence-electron chi connectivity index (χ3n) is 4.83. The van der Waals surface area contributed by atoms with E-state index in [4.69, 9.17) is 4.74 Å². The summed E-state index contributed by atoms with van der Waals surface area (Å²) < 4.78 is 5.32. The Labute approximate surface area is 132 Å². The van der Waals surface area contributed by atoms with Gasteiger partial charge in [-0.1, -0.05) is 6.07 Å². The molecule has 0 bridgehead atoms. The van der Waals surface area contributed by atoms with E-state index in [0.717, 1.165) is 55.3 Å². The van der Waals surface area contributed by atoms with Gasteiger partial charge in [-0.3, -0.25) is 4.79 Å². The van der Waals surface area contributed by atoms with E-state index in [1.165, 1.54) is 12.8 Å². The van der Waals surface area contributed by atoms with Gasteiger partial charge in [-0.05, 0) is 62.8 Å². The molecule has 1 saturated carbocycles. The van der Waals surface area contributed by atoms with Gasteiger partial charge >= 0.3 is 0 Å². The minimum Gasteiger partial charge on any atom is -0.496 e. The predicted molar refractivity (Wildman–Crippen MR) is 87.4 cm³/mol. The number of carbonyl (C=O) groups is 1. The highest BCUT2D eigenvalue weighted by atomic mass is 16.5. The fraction of sp³-hybridized carbons (Fsp3) is 0.611. The van der Waals surface area contributed by atoms with E-state index in [2.05, 4.69) is 5.32 Å². The minimum absolute atomic E-state index is 0.124. The highest BCUT2D eigenvalue weighted by Gasteiger charge is 2.26. The predicted octanol–water partition coefficient (Wildman–Crippen LogP) is 2.61. The molecule has 1 amide bonds. The Morgan fingerprint density at radius 3 is 2.64 bits per heavy atom. The molecule has 1 N–H and O–H groups in total. The lowest BCUT2D eigenvalue weighted by Gasteiger charge is -2.32. The Balaban J connectivity index is 1.54. The van der Waals surface area contributed by atoms with Crippen LogP contribution < -0.4 is 10.1 Å². The lowest BCUT2D eigenvalue weighted by molar-refractivity contribution is 0.0704. The number of amides is 1. The van der Waals surface area contributed by atoms with Crippen molar-refractivity contribution in [2.75, 3.05) is 26.7 Å². The van der Waals surface area contributed by atoms with Crippen LogP contribution in [0.25, 0.3) is 0 Å². The molecule has 4 heteroatoms. The smallest absolute Gasteiger partial charge is 0.253 e. The number of carbonyl (C=O) groups excluding carboxylic acids is 1. The first kappa shape index (κ1) is 15.3. The van der Waals surface area contributed by atoms with Gasteiger partial charge < -0.3 is 15.0 Å².